The van der Waals surface area contributed by atoms with Gasteiger partial charge in [-0.1, -0.05) is 76.6 Å². The number of carbonyl (C=O) groups is 1. The summed E-state index contributed by atoms with van der Waals surface area (Å²) in [4.78, 5) is 11.5. The van der Waals surface area contributed by atoms with Gasteiger partial charge in [-0.25, -0.2) is 4.79 Å². The first-order valence-electron chi connectivity index (χ1n) is 15.7. The van der Waals surface area contributed by atoms with Crippen LogP contribution in [0.1, 0.15) is 86.0 Å². The minimum absolute atomic E-state index is 0.309. The van der Waals surface area contributed by atoms with Crippen LogP contribution in [0.4, 0.5) is 0 Å². The second-order valence-corrected chi connectivity index (χ2v) is 13.7. The quantitative estimate of drug-likeness (QED) is 0.282. The molecule has 4 aliphatic rings. The lowest BCUT2D eigenvalue weighted by Gasteiger charge is -2.44. The van der Waals surface area contributed by atoms with Crippen molar-refractivity contribution in [3.63, 3.8) is 0 Å². The number of aliphatic carboxylic acids is 1. The van der Waals surface area contributed by atoms with E-state index in [0.29, 0.717) is 47.8 Å². The van der Waals surface area contributed by atoms with Crippen LogP contribution in [-0.2, 0) is 14.3 Å². The Balaban J connectivity index is 1.44. The Morgan fingerprint density at radius 2 is 1.76 bits per heavy atom. The largest absolute Gasteiger partial charge is 0.479 e. The molecule has 1 heterocycles. The van der Waals surface area contributed by atoms with Gasteiger partial charge in [0.25, 0.3) is 0 Å². The average Bonchev–Trinajstić information content (AvgIpc) is 3.29. The van der Waals surface area contributed by atoms with Gasteiger partial charge in [-0.2, -0.15) is 0 Å². The molecule has 0 aromatic rings. The first kappa shape index (κ1) is 32.2. The molecule has 3 saturated carbocycles. The topological polar surface area (TPSA) is 116 Å². The van der Waals surface area contributed by atoms with Gasteiger partial charge in [0, 0.05) is 0 Å². The van der Waals surface area contributed by atoms with Crippen molar-refractivity contribution in [2.24, 2.45) is 35.0 Å². The number of rotatable bonds is 8. The molecule has 4 rings (SSSR count). The third-order valence-electron chi connectivity index (χ3n) is 10.8. The minimum atomic E-state index is -1.73. The summed E-state index contributed by atoms with van der Waals surface area (Å²) in [6, 6.07) is 0. The van der Waals surface area contributed by atoms with Gasteiger partial charge in [-0.3, -0.25) is 0 Å². The minimum Gasteiger partial charge on any atom is -0.479 e. The molecule has 0 bridgehead atoms. The molecule has 11 atom stereocenters. The summed E-state index contributed by atoms with van der Waals surface area (Å²) in [5.41, 5.74) is 3.99. The monoisotopic (exact) mass is 572 g/mol. The summed E-state index contributed by atoms with van der Waals surface area (Å²) in [6.07, 6.45) is 9.19. The average molecular weight is 573 g/mol. The Bertz CT molecular complexity index is 1040. The highest BCUT2D eigenvalue weighted by molar-refractivity contribution is 5.73. The highest BCUT2D eigenvalue weighted by atomic mass is 16.7. The van der Waals surface area contributed by atoms with E-state index < -0.39 is 36.7 Å². The maximum Gasteiger partial charge on any atom is 0.335 e. The standard InChI is InChI=1S/C34H52O7/c1-19(2)20(3)9-10-22(5)26-15-16-27-23(8-7-17-34(26,27)6)12-13-24-18-25(14-11-21(24)4)40-33-30(37)28(35)29(36)31(41-33)32(38)39/h9-10,12-13,19-20,22,25-31,33,35-37H,4,7-8,11,14-18H2,1-3,5-6H3,(H,38,39)/t20-,22+,25?,26+,27?,28-,29-,30+,31-,33+,34+/m0/s1. The van der Waals surface area contributed by atoms with Crippen molar-refractivity contribution in [3.8, 4) is 0 Å². The number of ether oxygens (including phenoxy) is 2. The Morgan fingerprint density at radius 1 is 1.02 bits per heavy atom. The molecule has 3 aliphatic carbocycles. The Morgan fingerprint density at radius 3 is 2.44 bits per heavy atom. The van der Waals surface area contributed by atoms with Gasteiger partial charge in [0.05, 0.1) is 6.10 Å². The van der Waals surface area contributed by atoms with Crippen LogP contribution in [0.5, 0.6) is 0 Å². The van der Waals surface area contributed by atoms with Gasteiger partial charge < -0.3 is 29.9 Å². The molecule has 0 amide bonds. The van der Waals surface area contributed by atoms with Crippen molar-refractivity contribution in [1.29, 1.82) is 0 Å². The number of carboxylic acids is 1. The predicted molar refractivity (Wildman–Crippen MR) is 159 cm³/mol. The first-order chi connectivity index (χ1) is 19.3. The van der Waals surface area contributed by atoms with E-state index in [2.05, 4.69) is 65.5 Å². The molecule has 0 spiro atoms. The third-order valence-corrected chi connectivity index (χ3v) is 10.8. The van der Waals surface area contributed by atoms with Crippen molar-refractivity contribution in [3.05, 3.63) is 47.6 Å². The van der Waals surface area contributed by atoms with Crippen LogP contribution >= 0.6 is 0 Å². The van der Waals surface area contributed by atoms with Gasteiger partial charge in [0.2, 0.25) is 0 Å². The van der Waals surface area contributed by atoms with Crippen molar-refractivity contribution >= 4 is 5.97 Å². The van der Waals surface area contributed by atoms with Crippen LogP contribution in [0.2, 0.25) is 0 Å². The lowest BCUT2D eigenvalue weighted by Crippen LogP contribution is -2.60. The van der Waals surface area contributed by atoms with E-state index in [1.54, 1.807) is 0 Å². The summed E-state index contributed by atoms with van der Waals surface area (Å²) in [6.45, 7) is 16.1. The van der Waals surface area contributed by atoms with Gasteiger partial charge in [-0.15, -0.1) is 0 Å². The van der Waals surface area contributed by atoms with Crippen LogP contribution in [0.25, 0.3) is 0 Å². The molecular formula is C34H52O7. The molecule has 1 saturated heterocycles. The summed E-state index contributed by atoms with van der Waals surface area (Å²) in [5.74, 6) is 1.68. The summed E-state index contributed by atoms with van der Waals surface area (Å²) >= 11 is 0. The van der Waals surface area contributed by atoms with Gasteiger partial charge >= 0.3 is 5.97 Å². The number of hydrogen-bond acceptors (Lipinski definition) is 6. The van der Waals surface area contributed by atoms with E-state index in [-0.39, 0.29) is 6.10 Å². The van der Waals surface area contributed by atoms with Gasteiger partial charge in [0.15, 0.2) is 12.4 Å². The second kappa shape index (κ2) is 13.3. The fourth-order valence-corrected chi connectivity index (χ4v) is 7.70. The molecule has 4 N–H and O–H groups in total. The van der Waals surface area contributed by atoms with Gasteiger partial charge in [-0.05, 0) is 91.9 Å². The maximum absolute atomic E-state index is 11.5. The number of carboxylic acid groups (broad SMARTS) is 1. The van der Waals surface area contributed by atoms with E-state index in [4.69, 9.17) is 9.47 Å². The Hall–Kier alpha value is -1.77. The fourth-order valence-electron chi connectivity index (χ4n) is 7.70. The zero-order chi connectivity index (χ0) is 30.1. The highest BCUT2D eigenvalue weighted by Gasteiger charge is 2.50. The maximum atomic E-state index is 11.5. The molecule has 0 aromatic carbocycles. The number of allylic oxidation sites excluding steroid dienone is 6. The molecule has 7 nitrogen and oxygen atoms in total. The molecule has 4 fully saturated rings. The van der Waals surface area contributed by atoms with E-state index in [9.17, 15) is 25.2 Å². The molecular weight excluding hydrogens is 520 g/mol. The molecule has 2 unspecified atom stereocenters. The third kappa shape index (κ3) is 6.91. The smallest absolute Gasteiger partial charge is 0.335 e. The first-order valence-corrected chi connectivity index (χ1v) is 15.7. The normalized spacial score (nSPS) is 41.7. The number of hydrogen-bond donors (Lipinski definition) is 4. The van der Waals surface area contributed by atoms with Crippen molar-refractivity contribution in [2.75, 3.05) is 0 Å². The fraction of sp³-hybridized carbons (Fsp3) is 0.735. The van der Waals surface area contributed by atoms with Crippen molar-refractivity contribution in [1.82, 2.24) is 0 Å². The van der Waals surface area contributed by atoms with Crippen LogP contribution < -0.4 is 0 Å². The Labute approximate surface area is 246 Å². The molecule has 0 aromatic heterocycles. The second-order valence-electron chi connectivity index (χ2n) is 13.7. The van der Waals surface area contributed by atoms with E-state index in [1.807, 2.05) is 0 Å². The zero-order valence-corrected chi connectivity index (χ0v) is 25.5. The number of aliphatic hydroxyl groups excluding tert-OH is 3. The summed E-state index contributed by atoms with van der Waals surface area (Å²) in [5, 5.41) is 39.8. The molecule has 1 aliphatic heterocycles. The summed E-state index contributed by atoms with van der Waals surface area (Å²) in [7, 11) is 0. The highest BCUT2D eigenvalue weighted by Crippen LogP contribution is 2.59. The van der Waals surface area contributed by atoms with E-state index >= 15 is 0 Å². The lowest BCUT2D eigenvalue weighted by molar-refractivity contribution is -0.304. The SMILES string of the molecule is C=C1CCC(O[C@@H]2O[C@H](C(=O)O)[C@@H](O)[C@H](O)[C@H]2O)CC1=CC=C1CCC[C@@]2(C)C1CC[C@@H]2[C@H](C)C=C[C@H](C)C(C)C. The van der Waals surface area contributed by atoms with E-state index in [1.165, 1.54) is 31.3 Å². The van der Waals surface area contributed by atoms with Crippen LogP contribution in [0, 0.1) is 35.0 Å². The van der Waals surface area contributed by atoms with Crippen molar-refractivity contribution in [2.45, 2.75) is 123 Å². The van der Waals surface area contributed by atoms with Crippen LogP contribution in [-0.4, -0.2) is 63.2 Å². The van der Waals surface area contributed by atoms with E-state index in [0.717, 1.165) is 24.0 Å². The molecule has 41 heavy (non-hydrogen) atoms. The van der Waals surface area contributed by atoms with Crippen LogP contribution in [0.3, 0.4) is 0 Å². The Kier molecular flexibility index (Phi) is 10.4. The van der Waals surface area contributed by atoms with Gasteiger partial charge in [0.1, 0.15) is 18.3 Å². The molecule has 230 valence electrons. The summed E-state index contributed by atoms with van der Waals surface area (Å²) < 4.78 is 11.3. The van der Waals surface area contributed by atoms with Crippen molar-refractivity contribution < 1.29 is 34.7 Å². The molecule has 0 radical (unpaired) electrons. The lowest BCUT2D eigenvalue weighted by atomic mass is 9.61. The number of aliphatic hydroxyl groups is 3. The predicted octanol–water partition coefficient (Wildman–Crippen LogP) is 5.56. The zero-order valence-electron chi connectivity index (χ0n) is 25.5. The molecule has 7 heteroatoms. The number of fused-ring (bicyclic) bond motifs is 1. The van der Waals surface area contributed by atoms with Crippen LogP contribution in [0.15, 0.2) is 47.6 Å².